The molecule has 0 bridgehead atoms. The first-order valence-electron chi connectivity index (χ1n) is 13.6. The summed E-state index contributed by atoms with van der Waals surface area (Å²) in [6.07, 6.45) is -0.0801. The fraction of sp³-hybridized carbons (Fsp3) is 0.516. The molecule has 2 aromatic carbocycles. The number of halogens is 4. The first kappa shape index (κ1) is 33.4. The van der Waals surface area contributed by atoms with E-state index in [2.05, 4.69) is 20.9 Å². The number of benzene rings is 2. The Morgan fingerprint density at radius 1 is 1.05 bits per heavy atom. The number of aliphatic imine (C=N–C) groups is 1. The van der Waals surface area contributed by atoms with Gasteiger partial charge in [0.2, 0.25) is 7.37 Å². The minimum atomic E-state index is -4.59. The summed E-state index contributed by atoms with van der Waals surface area (Å²) in [5, 5.41) is -1.24. The quantitative estimate of drug-likeness (QED) is 0.189. The molecule has 1 atom stereocenters. The van der Waals surface area contributed by atoms with Crippen LogP contribution in [0.15, 0.2) is 58.0 Å². The van der Waals surface area contributed by atoms with Crippen LogP contribution in [0.25, 0.3) is 6.08 Å². The van der Waals surface area contributed by atoms with Crippen LogP contribution in [-0.2, 0) is 26.4 Å². The molecule has 0 spiro atoms. The molecule has 0 N–H and O–H groups in total. The molecule has 0 aliphatic carbocycles. The van der Waals surface area contributed by atoms with E-state index in [0.717, 1.165) is 16.1 Å². The van der Waals surface area contributed by atoms with Crippen molar-refractivity contribution in [3.05, 3.63) is 69.7 Å². The van der Waals surface area contributed by atoms with Crippen LogP contribution >= 0.6 is 23.3 Å². The average molecular weight is 659 g/mol. The molecule has 2 aromatic rings. The highest BCUT2D eigenvalue weighted by atomic mass is 79.9. The maximum Gasteiger partial charge on any atom is 0.419 e. The molecule has 1 heterocycles. The van der Waals surface area contributed by atoms with E-state index in [-0.39, 0.29) is 25.6 Å². The molecular formula is C31H40BrF3NO4P. The monoisotopic (exact) mass is 657 g/mol. The maximum atomic E-state index is 14.0. The summed E-state index contributed by atoms with van der Waals surface area (Å²) in [6.45, 7) is 13.2. The largest absolute Gasteiger partial charge is 0.493 e. The molecule has 0 fully saturated rings. The van der Waals surface area contributed by atoms with Gasteiger partial charge in [-0.1, -0.05) is 87.8 Å². The van der Waals surface area contributed by atoms with Crippen molar-refractivity contribution in [2.45, 2.75) is 83.3 Å². The van der Waals surface area contributed by atoms with Crippen molar-refractivity contribution in [1.82, 2.24) is 0 Å². The normalized spacial score (nSPS) is 18.5. The number of ether oxygens (including phenoxy) is 2. The Hall–Kier alpha value is -2.09. The van der Waals surface area contributed by atoms with Crippen LogP contribution in [0.1, 0.15) is 71.6 Å². The summed E-state index contributed by atoms with van der Waals surface area (Å²) in [5.41, 5.74) is -0.451. The Balaban J connectivity index is 1.79. The molecule has 41 heavy (non-hydrogen) atoms. The molecule has 3 rings (SSSR count). The molecule has 1 unspecified atom stereocenters. The molecular weight excluding hydrogens is 618 g/mol. The van der Waals surface area contributed by atoms with Crippen molar-refractivity contribution in [2.24, 2.45) is 4.99 Å². The zero-order valence-electron chi connectivity index (χ0n) is 24.8. The smallest absolute Gasteiger partial charge is 0.419 e. The van der Waals surface area contributed by atoms with Gasteiger partial charge < -0.3 is 14.0 Å². The second-order valence-corrected chi connectivity index (χ2v) is 17.3. The van der Waals surface area contributed by atoms with E-state index in [4.69, 9.17) is 14.0 Å². The van der Waals surface area contributed by atoms with Crippen LogP contribution in [0.4, 0.5) is 13.2 Å². The van der Waals surface area contributed by atoms with Crippen LogP contribution in [0.2, 0.25) is 0 Å². The van der Waals surface area contributed by atoms with Gasteiger partial charge in [0, 0.05) is 21.7 Å². The van der Waals surface area contributed by atoms with Crippen molar-refractivity contribution in [3.63, 3.8) is 0 Å². The highest BCUT2D eigenvalue weighted by molar-refractivity contribution is 9.10. The van der Waals surface area contributed by atoms with E-state index in [9.17, 15) is 17.7 Å². The zero-order valence-corrected chi connectivity index (χ0v) is 27.3. The number of hydrogen-bond acceptors (Lipinski definition) is 5. The van der Waals surface area contributed by atoms with Gasteiger partial charge in [0.25, 0.3) is 0 Å². The molecule has 0 saturated carbocycles. The third-order valence-corrected chi connectivity index (χ3v) is 11.4. The van der Waals surface area contributed by atoms with Gasteiger partial charge in [0.05, 0.1) is 18.8 Å². The second kappa shape index (κ2) is 12.6. The average Bonchev–Trinajstić information content (AvgIpc) is 3.24. The van der Waals surface area contributed by atoms with Gasteiger partial charge in [-0.15, -0.1) is 0 Å². The Morgan fingerprint density at radius 3 is 2.22 bits per heavy atom. The van der Waals surface area contributed by atoms with Crippen LogP contribution < -0.4 is 4.74 Å². The molecule has 0 amide bonds. The molecule has 5 nitrogen and oxygen atoms in total. The lowest BCUT2D eigenvalue weighted by Gasteiger charge is -2.41. The van der Waals surface area contributed by atoms with E-state index in [1.54, 1.807) is 25.1 Å². The molecule has 1 aliphatic heterocycles. The fourth-order valence-electron chi connectivity index (χ4n) is 4.77. The van der Waals surface area contributed by atoms with Crippen molar-refractivity contribution in [3.8, 4) is 5.75 Å². The lowest BCUT2D eigenvalue weighted by atomic mass is 10.0. The first-order valence-corrected chi connectivity index (χ1v) is 16.0. The van der Waals surface area contributed by atoms with Gasteiger partial charge in [-0.2, -0.15) is 13.2 Å². The number of alkyl halides is 3. The molecule has 0 saturated heterocycles. The fourth-order valence-corrected chi connectivity index (χ4v) is 8.23. The van der Waals surface area contributed by atoms with Gasteiger partial charge in [-0.25, -0.2) is 4.99 Å². The highest BCUT2D eigenvalue weighted by Crippen LogP contribution is 2.67. The van der Waals surface area contributed by atoms with Crippen molar-refractivity contribution in [2.75, 3.05) is 19.8 Å². The van der Waals surface area contributed by atoms with E-state index in [0.29, 0.717) is 24.3 Å². The minimum Gasteiger partial charge on any atom is -0.493 e. The molecule has 226 valence electrons. The predicted molar refractivity (Wildman–Crippen MR) is 163 cm³/mol. The SMILES string of the molecule is CC1=NC(C=Cc2ccc(OCCCc3ccc(Br)cc3)c(C(F)(F)F)c2)(COP(=O)(C(C)(C)C)C(C)(C)C)CO1. The summed E-state index contributed by atoms with van der Waals surface area (Å²) in [7, 11) is -3.20. The summed E-state index contributed by atoms with van der Waals surface area (Å²) >= 11 is 3.39. The second-order valence-electron chi connectivity index (χ2n) is 12.4. The Bertz CT molecular complexity index is 1290. The summed E-state index contributed by atoms with van der Waals surface area (Å²) in [5.74, 6) is 0.223. The number of nitrogens with zero attached hydrogens (tertiary/aromatic N) is 1. The van der Waals surface area contributed by atoms with Crippen LogP contribution in [0.3, 0.4) is 0 Å². The summed E-state index contributed by atoms with van der Waals surface area (Å²) in [4.78, 5) is 4.58. The first-order chi connectivity index (χ1) is 18.9. The summed E-state index contributed by atoms with van der Waals surface area (Å²) in [6, 6.07) is 11.8. The predicted octanol–water partition coefficient (Wildman–Crippen LogP) is 9.57. The Labute approximate surface area is 250 Å². The summed E-state index contributed by atoms with van der Waals surface area (Å²) < 4.78 is 74.3. The van der Waals surface area contributed by atoms with Crippen molar-refractivity contribution >= 4 is 35.3 Å². The van der Waals surface area contributed by atoms with Crippen LogP contribution in [0, 0.1) is 0 Å². The van der Waals surface area contributed by atoms with Gasteiger partial charge in [0.1, 0.15) is 17.9 Å². The number of aryl methyl sites for hydroxylation is 1. The van der Waals surface area contributed by atoms with E-state index in [1.807, 2.05) is 65.8 Å². The van der Waals surface area contributed by atoms with Gasteiger partial charge in [-0.05, 0) is 48.2 Å². The van der Waals surface area contributed by atoms with Gasteiger partial charge in [0.15, 0.2) is 5.90 Å². The number of rotatable bonds is 10. The highest BCUT2D eigenvalue weighted by Gasteiger charge is 2.49. The maximum absolute atomic E-state index is 14.0. The van der Waals surface area contributed by atoms with Crippen molar-refractivity contribution < 1.29 is 31.7 Å². The standard InChI is InChI=1S/C31H40BrF3NO4P/c1-22-36-30(20-39-22,21-40-41(37,28(2,3)4)29(5,6)7)17-16-24-12-15-27(26(19-24)31(33,34)35)38-18-8-9-23-10-13-25(32)14-11-23/h10-17,19H,8-9,18,20-21H2,1-7H3. The molecule has 10 heteroatoms. The molecule has 1 aliphatic rings. The lowest BCUT2D eigenvalue weighted by molar-refractivity contribution is -0.139. The van der Waals surface area contributed by atoms with E-state index < -0.39 is 35.0 Å². The van der Waals surface area contributed by atoms with Crippen LogP contribution in [0.5, 0.6) is 5.75 Å². The van der Waals surface area contributed by atoms with Gasteiger partial charge in [-0.3, -0.25) is 4.57 Å². The topological polar surface area (TPSA) is 57.1 Å². The Morgan fingerprint density at radius 2 is 1.68 bits per heavy atom. The molecule has 0 radical (unpaired) electrons. The number of hydrogen-bond donors (Lipinski definition) is 0. The van der Waals surface area contributed by atoms with Crippen molar-refractivity contribution in [1.29, 1.82) is 0 Å². The third-order valence-electron chi connectivity index (χ3n) is 6.85. The van der Waals surface area contributed by atoms with Gasteiger partial charge >= 0.3 is 6.18 Å². The minimum absolute atomic E-state index is 0.0294. The van der Waals surface area contributed by atoms with Crippen LogP contribution in [-0.4, -0.2) is 41.6 Å². The molecule has 0 aromatic heterocycles. The third kappa shape index (κ3) is 8.48. The zero-order chi connectivity index (χ0) is 30.7. The Kier molecular flexibility index (Phi) is 10.3. The lowest BCUT2D eigenvalue weighted by Crippen LogP contribution is -2.36. The van der Waals surface area contributed by atoms with E-state index >= 15 is 0 Å². The van der Waals surface area contributed by atoms with E-state index in [1.165, 1.54) is 6.07 Å².